The molecule has 0 amide bonds. The van der Waals surface area contributed by atoms with Gasteiger partial charge >= 0.3 is 0 Å². The van der Waals surface area contributed by atoms with Gasteiger partial charge in [0.1, 0.15) is 11.5 Å². The van der Waals surface area contributed by atoms with Crippen LogP contribution in [0.3, 0.4) is 0 Å². The van der Waals surface area contributed by atoms with Crippen LogP contribution in [-0.2, 0) is 0 Å². The SMILES string of the molecule is CC[C@H](c1c(OC)cccc1OC)N1CCNCC1.Cl.Cl. The first-order chi connectivity index (χ1) is 9.31. The largest absolute Gasteiger partial charge is 0.496 e. The maximum atomic E-state index is 5.54. The molecule has 6 heteroatoms. The average Bonchev–Trinajstić information content (AvgIpc) is 2.49. The molecule has 0 aliphatic carbocycles. The van der Waals surface area contributed by atoms with E-state index in [0.29, 0.717) is 6.04 Å². The maximum Gasteiger partial charge on any atom is 0.127 e. The van der Waals surface area contributed by atoms with Crippen LogP contribution in [0.2, 0.25) is 0 Å². The van der Waals surface area contributed by atoms with Gasteiger partial charge in [-0.25, -0.2) is 0 Å². The Morgan fingerprint density at radius 2 is 1.62 bits per heavy atom. The van der Waals surface area contributed by atoms with Crippen molar-refractivity contribution in [2.45, 2.75) is 19.4 Å². The van der Waals surface area contributed by atoms with Crippen LogP contribution in [0.25, 0.3) is 0 Å². The Balaban J connectivity index is 0.00000200. The number of hydrogen-bond acceptors (Lipinski definition) is 4. The summed E-state index contributed by atoms with van der Waals surface area (Å²) in [4.78, 5) is 2.51. The Bertz CT molecular complexity index is 390. The predicted molar refractivity (Wildman–Crippen MR) is 91.5 cm³/mol. The van der Waals surface area contributed by atoms with E-state index >= 15 is 0 Å². The fourth-order valence-corrected chi connectivity index (χ4v) is 2.85. The molecule has 0 radical (unpaired) electrons. The molecule has 1 heterocycles. The molecule has 1 aliphatic rings. The molecule has 0 saturated carbocycles. The van der Waals surface area contributed by atoms with Crippen LogP contribution in [0.4, 0.5) is 0 Å². The standard InChI is InChI=1S/C15H24N2O2.2ClH/c1-4-12(17-10-8-16-9-11-17)15-13(18-2)6-5-7-14(15)19-3;;/h5-7,12,16H,4,8-11H2,1-3H3;2*1H/t12-;;/m1../s1. The number of benzene rings is 1. The molecule has 4 nitrogen and oxygen atoms in total. The van der Waals surface area contributed by atoms with E-state index in [1.54, 1.807) is 14.2 Å². The molecular weight excluding hydrogens is 311 g/mol. The smallest absolute Gasteiger partial charge is 0.127 e. The zero-order chi connectivity index (χ0) is 13.7. The minimum Gasteiger partial charge on any atom is -0.496 e. The van der Waals surface area contributed by atoms with Crippen molar-refractivity contribution >= 4 is 24.8 Å². The third kappa shape index (κ3) is 4.65. The van der Waals surface area contributed by atoms with Crippen molar-refractivity contribution in [3.05, 3.63) is 23.8 Å². The number of methoxy groups -OCH3 is 2. The number of hydrogen-bond donors (Lipinski definition) is 1. The monoisotopic (exact) mass is 336 g/mol. The zero-order valence-electron chi connectivity index (χ0n) is 12.9. The van der Waals surface area contributed by atoms with Crippen LogP contribution < -0.4 is 14.8 Å². The molecule has 1 aliphatic heterocycles. The van der Waals surface area contributed by atoms with Gasteiger partial charge in [-0.2, -0.15) is 0 Å². The first-order valence-electron chi connectivity index (χ1n) is 6.97. The molecule has 0 spiro atoms. The molecular formula is C15H26Cl2N2O2. The van der Waals surface area contributed by atoms with Gasteiger partial charge in [0.25, 0.3) is 0 Å². The summed E-state index contributed by atoms with van der Waals surface area (Å²) in [6.45, 7) is 6.46. The number of nitrogens with one attached hydrogen (secondary N) is 1. The van der Waals surface area contributed by atoms with Gasteiger partial charge in [0.2, 0.25) is 0 Å². The Kier molecular flexibility index (Phi) is 9.79. The van der Waals surface area contributed by atoms with Crippen molar-refractivity contribution in [2.24, 2.45) is 0 Å². The zero-order valence-corrected chi connectivity index (χ0v) is 14.6. The molecule has 1 aromatic carbocycles. The van der Waals surface area contributed by atoms with Crippen LogP contribution in [0, 0.1) is 0 Å². The Hall–Kier alpha value is -0.680. The van der Waals surface area contributed by atoms with Gasteiger partial charge in [-0.1, -0.05) is 13.0 Å². The van der Waals surface area contributed by atoms with Crippen LogP contribution >= 0.6 is 24.8 Å². The van der Waals surface area contributed by atoms with Gasteiger partial charge < -0.3 is 14.8 Å². The number of ether oxygens (including phenoxy) is 2. The summed E-state index contributed by atoms with van der Waals surface area (Å²) in [7, 11) is 3.45. The minimum absolute atomic E-state index is 0. The van der Waals surface area contributed by atoms with Crippen molar-refractivity contribution in [1.29, 1.82) is 0 Å². The molecule has 1 fully saturated rings. The summed E-state index contributed by atoms with van der Waals surface area (Å²) in [6.07, 6.45) is 1.05. The van der Waals surface area contributed by atoms with E-state index in [1.165, 1.54) is 5.56 Å². The van der Waals surface area contributed by atoms with Crippen molar-refractivity contribution < 1.29 is 9.47 Å². The Labute approximate surface area is 140 Å². The first-order valence-corrected chi connectivity index (χ1v) is 6.97. The number of piperazine rings is 1. The second-order valence-electron chi connectivity index (χ2n) is 4.79. The highest BCUT2D eigenvalue weighted by Gasteiger charge is 2.26. The fraction of sp³-hybridized carbons (Fsp3) is 0.600. The van der Waals surface area contributed by atoms with Crippen LogP contribution in [0.5, 0.6) is 11.5 Å². The molecule has 21 heavy (non-hydrogen) atoms. The van der Waals surface area contributed by atoms with Gasteiger partial charge in [0.05, 0.1) is 19.8 Å². The summed E-state index contributed by atoms with van der Waals surface area (Å²) >= 11 is 0. The lowest BCUT2D eigenvalue weighted by atomic mass is 9.99. The Morgan fingerprint density at radius 3 is 2.05 bits per heavy atom. The average molecular weight is 337 g/mol. The molecule has 122 valence electrons. The highest BCUT2D eigenvalue weighted by molar-refractivity contribution is 5.85. The van der Waals surface area contributed by atoms with Crippen molar-refractivity contribution in [2.75, 3.05) is 40.4 Å². The van der Waals surface area contributed by atoms with Gasteiger partial charge in [-0.05, 0) is 18.6 Å². The van der Waals surface area contributed by atoms with Gasteiger partial charge in [0.15, 0.2) is 0 Å². The van der Waals surface area contributed by atoms with Crippen molar-refractivity contribution in [3.8, 4) is 11.5 Å². The van der Waals surface area contributed by atoms with Crippen molar-refractivity contribution in [3.63, 3.8) is 0 Å². The minimum atomic E-state index is 0. The lowest BCUT2D eigenvalue weighted by molar-refractivity contribution is 0.163. The molecule has 1 atom stereocenters. The van der Waals surface area contributed by atoms with E-state index < -0.39 is 0 Å². The van der Waals surface area contributed by atoms with E-state index in [2.05, 4.69) is 17.1 Å². The lowest BCUT2D eigenvalue weighted by Gasteiger charge is -2.35. The molecule has 0 bridgehead atoms. The van der Waals surface area contributed by atoms with E-state index in [0.717, 1.165) is 44.1 Å². The molecule has 0 unspecified atom stereocenters. The second-order valence-corrected chi connectivity index (χ2v) is 4.79. The summed E-state index contributed by atoms with van der Waals surface area (Å²) in [5, 5.41) is 3.40. The fourth-order valence-electron chi connectivity index (χ4n) is 2.85. The quantitative estimate of drug-likeness (QED) is 0.896. The van der Waals surface area contributed by atoms with Gasteiger partial charge in [0, 0.05) is 32.2 Å². The normalized spacial score (nSPS) is 16.3. The molecule has 0 aromatic heterocycles. The number of rotatable bonds is 5. The van der Waals surface area contributed by atoms with Crippen LogP contribution in [0.15, 0.2) is 18.2 Å². The van der Waals surface area contributed by atoms with Gasteiger partial charge in [-0.15, -0.1) is 24.8 Å². The van der Waals surface area contributed by atoms with Gasteiger partial charge in [-0.3, -0.25) is 4.90 Å². The second kappa shape index (κ2) is 10.1. The lowest BCUT2D eigenvalue weighted by Crippen LogP contribution is -2.45. The molecule has 1 saturated heterocycles. The number of nitrogens with zero attached hydrogens (tertiary/aromatic N) is 1. The molecule has 2 rings (SSSR count). The Morgan fingerprint density at radius 1 is 1.10 bits per heavy atom. The van der Waals surface area contributed by atoms with E-state index in [4.69, 9.17) is 9.47 Å². The van der Waals surface area contributed by atoms with E-state index in [1.807, 2.05) is 18.2 Å². The van der Waals surface area contributed by atoms with E-state index in [9.17, 15) is 0 Å². The number of halogens is 2. The summed E-state index contributed by atoms with van der Waals surface area (Å²) < 4.78 is 11.1. The highest BCUT2D eigenvalue weighted by Crippen LogP contribution is 2.38. The maximum absolute atomic E-state index is 5.54. The topological polar surface area (TPSA) is 33.7 Å². The summed E-state index contributed by atoms with van der Waals surface area (Å²) in [5.41, 5.74) is 1.18. The first kappa shape index (κ1) is 20.3. The van der Waals surface area contributed by atoms with Crippen LogP contribution in [-0.4, -0.2) is 45.3 Å². The third-order valence-corrected chi connectivity index (χ3v) is 3.78. The third-order valence-electron chi connectivity index (χ3n) is 3.78. The molecule has 1 N–H and O–H groups in total. The predicted octanol–water partition coefficient (Wildman–Crippen LogP) is 2.90. The molecule has 1 aromatic rings. The van der Waals surface area contributed by atoms with E-state index in [-0.39, 0.29) is 24.8 Å². The van der Waals surface area contributed by atoms with Crippen LogP contribution in [0.1, 0.15) is 24.9 Å². The highest BCUT2D eigenvalue weighted by atomic mass is 35.5. The summed E-state index contributed by atoms with van der Waals surface area (Å²) in [5.74, 6) is 1.84. The van der Waals surface area contributed by atoms with Crippen molar-refractivity contribution in [1.82, 2.24) is 10.2 Å². The summed E-state index contributed by atoms with van der Waals surface area (Å²) in [6, 6.07) is 6.37.